The van der Waals surface area contributed by atoms with Gasteiger partial charge >= 0.3 is 0 Å². The topological polar surface area (TPSA) is 36.1 Å². The van der Waals surface area contributed by atoms with Crippen LogP contribution in [0.25, 0.3) is 10.9 Å². The Morgan fingerprint density at radius 1 is 1.12 bits per heavy atom. The minimum Gasteiger partial charge on any atom is -0.346 e. The van der Waals surface area contributed by atoms with Gasteiger partial charge in [0.1, 0.15) is 15.8 Å². The largest absolute Gasteiger partial charge is 0.346 e. The number of pyridine rings is 1. The van der Waals surface area contributed by atoms with E-state index >= 15 is 0 Å². The Labute approximate surface area is 147 Å². The van der Waals surface area contributed by atoms with Gasteiger partial charge in [0.2, 0.25) is 5.91 Å². The SMILES string of the molecule is O=C1C(Cl)C(c2cc3ccccc3[nH]c2=S)N1c1ccc(F)cc1. The molecule has 1 amide bonds. The highest BCUT2D eigenvalue weighted by Gasteiger charge is 2.48. The summed E-state index contributed by atoms with van der Waals surface area (Å²) in [5.74, 6) is -0.565. The Kier molecular flexibility index (Phi) is 3.62. The number of hydrogen-bond donors (Lipinski definition) is 1. The number of carbonyl (C=O) groups is 1. The van der Waals surface area contributed by atoms with Gasteiger partial charge in [-0.05, 0) is 41.8 Å². The fourth-order valence-electron chi connectivity index (χ4n) is 3.02. The molecule has 0 aliphatic carbocycles. The highest BCUT2D eigenvalue weighted by Crippen LogP contribution is 2.42. The molecule has 1 aliphatic rings. The maximum atomic E-state index is 13.2. The van der Waals surface area contributed by atoms with E-state index in [1.165, 1.54) is 12.1 Å². The summed E-state index contributed by atoms with van der Waals surface area (Å²) >= 11 is 11.7. The lowest BCUT2D eigenvalue weighted by atomic mass is 9.92. The molecule has 120 valence electrons. The summed E-state index contributed by atoms with van der Waals surface area (Å²) in [6.07, 6.45) is 0. The third kappa shape index (κ3) is 2.32. The average Bonchev–Trinajstić information content (AvgIpc) is 2.60. The number of fused-ring (bicyclic) bond motifs is 1. The van der Waals surface area contributed by atoms with Crippen LogP contribution in [0.2, 0.25) is 0 Å². The Hall–Kier alpha value is -2.24. The van der Waals surface area contributed by atoms with Crippen LogP contribution in [0.3, 0.4) is 0 Å². The number of β-lactam (4-membered cyclic amide) rings is 1. The van der Waals surface area contributed by atoms with Crippen molar-refractivity contribution in [2.24, 2.45) is 0 Å². The molecule has 6 heteroatoms. The maximum Gasteiger partial charge on any atom is 0.248 e. The third-order valence-corrected chi connectivity index (χ3v) is 5.00. The summed E-state index contributed by atoms with van der Waals surface area (Å²) in [5.41, 5.74) is 2.31. The number of carbonyl (C=O) groups excluding carboxylic acids is 1. The van der Waals surface area contributed by atoms with Crippen LogP contribution >= 0.6 is 23.8 Å². The van der Waals surface area contributed by atoms with E-state index in [4.69, 9.17) is 23.8 Å². The summed E-state index contributed by atoms with van der Waals surface area (Å²) in [6, 6.07) is 15.1. The smallest absolute Gasteiger partial charge is 0.248 e. The van der Waals surface area contributed by atoms with Crippen molar-refractivity contribution >= 4 is 46.3 Å². The first-order chi connectivity index (χ1) is 11.6. The molecule has 2 heterocycles. The van der Waals surface area contributed by atoms with Gasteiger partial charge in [0.05, 0.1) is 6.04 Å². The van der Waals surface area contributed by atoms with Crippen LogP contribution in [0.4, 0.5) is 10.1 Å². The molecular weight excluding hydrogens is 347 g/mol. The first kappa shape index (κ1) is 15.3. The highest BCUT2D eigenvalue weighted by atomic mass is 35.5. The van der Waals surface area contributed by atoms with Gasteiger partial charge in [-0.1, -0.05) is 30.4 Å². The van der Waals surface area contributed by atoms with Crippen molar-refractivity contribution in [2.75, 3.05) is 4.90 Å². The Balaban J connectivity index is 1.82. The standard InChI is InChI=1S/C18H12ClFN2OS/c19-15-16(22(18(15)23)12-7-5-11(20)6-8-12)13-9-10-3-1-2-4-14(10)21-17(13)24/h1-9,15-16H,(H,21,24). The van der Waals surface area contributed by atoms with E-state index < -0.39 is 5.38 Å². The van der Waals surface area contributed by atoms with Crippen molar-refractivity contribution in [3.63, 3.8) is 0 Å². The molecule has 1 aliphatic heterocycles. The molecule has 24 heavy (non-hydrogen) atoms. The van der Waals surface area contributed by atoms with Crippen molar-refractivity contribution in [3.05, 3.63) is 70.6 Å². The summed E-state index contributed by atoms with van der Waals surface area (Å²) in [5, 5.41) is 0.301. The van der Waals surface area contributed by atoms with Crippen LogP contribution in [0.15, 0.2) is 54.6 Å². The highest BCUT2D eigenvalue weighted by molar-refractivity contribution is 7.71. The lowest BCUT2D eigenvalue weighted by Gasteiger charge is -2.44. The number of amides is 1. The Morgan fingerprint density at radius 2 is 1.83 bits per heavy atom. The second-order valence-corrected chi connectivity index (χ2v) is 6.55. The summed E-state index contributed by atoms with van der Waals surface area (Å²) in [6.45, 7) is 0. The maximum absolute atomic E-state index is 13.2. The Morgan fingerprint density at radius 3 is 2.58 bits per heavy atom. The number of nitrogens with zero attached hydrogens (tertiary/aromatic N) is 1. The van der Waals surface area contributed by atoms with Crippen molar-refractivity contribution in [1.82, 2.24) is 4.98 Å². The monoisotopic (exact) mass is 358 g/mol. The van der Waals surface area contributed by atoms with Gasteiger partial charge in [-0.3, -0.25) is 4.79 Å². The minimum absolute atomic E-state index is 0.212. The molecule has 0 bridgehead atoms. The van der Waals surface area contributed by atoms with Gasteiger partial charge in [0.25, 0.3) is 0 Å². The molecule has 2 aromatic carbocycles. The molecule has 0 radical (unpaired) electrons. The molecule has 1 saturated heterocycles. The van der Waals surface area contributed by atoms with Crippen molar-refractivity contribution in [1.29, 1.82) is 0 Å². The first-order valence-electron chi connectivity index (χ1n) is 7.41. The van der Waals surface area contributed by atoms with E-state index in [0.717, 1.165) is 16.5 Å². The second-order valence-electron chi connectivity index (χ2n) is 5.67. The van der Waals surface area contributed by atoms with E-state index in [9.17, 15) is 9.18 Å². The molecule has 2 atom stereocenters. The number of nitrogens with one attached hydrogen (secondary N) is 1. The predicted octanol–water partition coefficient (Wildman–Crippen LogP) is 4.73. The second kappa shape index (κ2) is 5.69. The number of aromatic nitrogens is 1. The van der Waals surface area contributed by atoms with Crippen LogP contribution in [0.1, 0.15) is 11.6 Å². The number of alkyl halides is 1. The van der Waals surface area contributed by atoms with Gasteiger partial charge in [-0.15, -0.1) is 11.6 Å². The molecule has 4 rings (SSSR count). The number of anilines is 1. The third-order valence-electron chi connectivity index (χ3n) is 4.23. The molecule has 0 saturated carbocycles. The van der Waals surface area contributed by atoms with Gasteiger partial charge in [0.15, 0.2) is 0 Å². The van der Waals surface area contributed by atoms with E-state index in [-0.39, 0.29) is 17.8 Å². The van der Waals surface area contributed by atoms with Crippen LogP contribution in [0, 0.1) is 10.5 Å². The van der Waals surface area contributed by atoms with Crippen LogP contribution in [-0.2, 0) is 4.79 Å². The number of para-hydroxylation sites is 1. The van der Waals surface area contributed by atoms with Gasteiger partial charge in [0, 0.05) is 16.8 Å². The minimum atomic E-state index is -0.689. The molecule has 3 aromatic rings. The molecule has 1 aromatic heterocycles. The van der Waals surface area contributed by atoms with Crippen molar-refractivity contribution < 1.29 is 9.18 Å². The number of benzene rings is 2. The van der Waals surface area contributed by atoms with Gasteiger partial charge < -0.3 is 9.88 Å². The van der Waals surface area contributed by atoms with E-state index in [1.807, 2.05) is 30.3 Å². The molecule has 3 nitrogen and oxygen atoms in total. The van der Waals surface area contributed by atoms with E-state index in [2.05, 4.69) is 4.98 Å². The molecule has 1 fully saturated rings. The quantitative estimate of drug-likeness (QED) is 0.408. The number of halogens is 2. The lowest BCUT2D eigenvalue weighted by molar-refractivity contribution is -0.123. The summed E-state index contributed by atoms with van der Waals surface area (Å²) in [7, 11) is 0. The normalized spacial score (nSPS) is 20.2. The van der Waals surface area contributed by atoms with Crippen LogP contribution in [-0.4, -0.2) is 16.3 Å². The molecule has 1 N–H and O–H groups in total. The fourth-order valence-corrected chi connectivity index (χ4v) is 3.67. The zero-order chi connectivity index (χ0) is 16.8. The zero-order valence-electron chi connectivity index (χ0n) is 12.4. The fraction of sp³-hybridized carbons (Fsp3) is 0.111. The van der Waals surface area contributed by atoms with Gasteiger partial charge in [-0.2, -0.15) is 0 Å². The summed E-state index contributed by atoms with van der Waals surface area (Å²) in [4.78, 5) is 17.0. The number of hydrogen-bond acceptors (Lipinski definition) is 2. The van der Waals surface area contributed by atoms with Crippen LogP contribution < -0.4 is 4.90 Å². The first-order valence-corrected chi connectivity index (χ1v) is 8.25. The summed E-state index contributed by atoms with van der Waals surface area (Å²) < 4.78 is 13.7. The molecular formula is C18H12ClFN2OS. The number of H-pyrrole nitrogens is 1. The van der Waals surface area contributed by atoms with E-state index in [0.29, 0.717) is 10.3 Å². The average molecular weight is 359 g/mol. The van der Waals surface area contributed by atoms with Crippen molar-refractivity contribution in [3.8, 4) is 0 Å². The van der Waals surface area contributed by atoms with E-state index in [1.54, 1.807) is 17.0 Å². The molecule has 2 unspecified atom stereocenters. The lowest BCUT2D eigenvalue weighted by Crippen LogP contribution is -2.56. The molecule has 0 spiro atoms. The van der Waals surface area contributed by atoms with Crippen molar-refractivity contribution in [2.45, 2.75) is 11.4 Å². The zero-order valence-corrected chi connectivity index (χ0v) is 13.9. The number of rotatable bonds is 2. The number of aromatic amines is 1. The van der Waals surface area contributed by atoms with Crippen LogP contribution in [0.5, 0.6) is 0 Å². The predicted molar refractivity (Wildman–Crippen MR) is 95.4 cm³/mol. The Bertz CT molecular complexity index is 1000. The van der Waals surface area contributed by atoms with Gasteiger partial charge in [-0.25, -0.2) is 4.39 Å².